The number of likely N-dealkylation sites (tertiary alicyclic amines) is 1. The first-order valence-electron chi connectivity index (χ1n) is 10.6. The van der Waals surface area contributed by atoms with Crippen molar-refractivity contribution in [2.75, 3.05) is 27.4 Å². The van der Waals surface area contributed by atoms with Crippen molar-refractivity contribution < 1.29 is 28.9 Å². The molecule has 1 aliphatic rings. The second-order valence-electron chi connectivity index (χ2n) is 7.74. The van der Waals surface area contributed by atoms with Gasteiger partial charge in [-0.2, -0.15) is 0 Å². The number of hydrogen-bond donors (Lipinski definition) is 1. The first-order chi connectivity index (χ1) is 15.4. The molecule has 0 radical (unpaired) electrons. The van der Waals surface area contributed by atoms with E-state index in [4.69, 9.17) is 14.2 Å². The van der Waals surface area contributed by atoms with Gasteiger partial charge in [0.05, 0.1) is 31.9 Å². The van der Waals surface area contributed by atoms with Crippen molar-refractivity contribution in [3.05, 3.63) is 65.2 Å². The van der Waals surface area contributed by atoms with E-state index in [0.29, 0.717) is 42.2 Å². The van der Waals surface area contributed by atoms with E-state index in [2.05, 4.69) is 0 Å². The van der Waals surface area contributed by atoms with Gasteiger partial charge in [0.1, 0.15) is 17.3 Å². The monoisotopic (exact) mass is 439 g/mol. The zero-order valence-electron chi connectivity index (χ0n) is 18.8. The second-order valence-corrected chi connectivity index (χ2v) is 7.74. The maximum Gasteiger partial charge on any atom is 0.295 e. The summed E-state index contributed by atoms with van der Waals surface area (Å²) < 4.78 is 16.3. The molecule has 1 saturated heterocycles. The van der Waals surface area contributed by atoms with E-state index in [1.807, 2.05) is 26.0 Å². The second kappa shape index (κ2) is 10.3. The molecule has 1 heterocycles. The molecule has 0 saturated carbocycles. The van der Waals surface area contributed by atoms with E-state index in [1.54, 1.807) is 36.4 Å². The molecule has 2 aromatic carbocycles. The number of nitrogens with zero attached hydrogens (tertiary/aromatic N) is 1. The SMILES string of the molecule is COc1cccc(C(O)=C2C(=O)C(=O)N(CCCOC(C)C)[C@@H]2c2ccccc2OC)c1. The largest absolute Gasteiger partial charge is 0.507 e. The molecule has 0 bridgehead atoms. The van der Waals surface area contributed by atoms with E-state index in [1.165, 1.54) is 19.1 Å². The number of Topliss-reactive ketones (excluding diaryl/α,β-unsaturated/α-hetero) is 1. The third-order valence-corrected chi connectivity index (χ3v) is 5.31. The Morgan fingerprint density at radius 1 is 1.06 bits per heavy atom. The van der Waals surface area contributed by atoms with Crippen LogP contribution in [-0.4, -0.2) is 55.2 Å². The fraction of sp³-hybridized carbons (Fsp3) is 0.360. The zero-order chi connectivity index (χ0) is 23.3. The molecule has 0 spiro atoms. The van der Waals surface area contributed by atoms with Gasteiger partial charge in [0.2, 0.25) is 0 Å². The lowest BCUT2D eigenvalue weighted by atomic mass is 9.94. The van der Waals surface area contributed by atoms with Crippen molar-refractivity contribution in [3.63, 3.8) is 0 Å². The average molecular weight is 440 g/mol. The summed E-state index contributed by atoms with van der Waals surface area (Å²) in [6, 6.07) is 13.1. The van der Waals surface area contributed by atoms with Crippen LogP contribution in [0.2, 0.25) is 0 Å². The number of rotatable bonds is 9. The van der Waals surface area contributed by atoms with Gasteiger partial charge >= 0.3 is 0 Å². The van der Waals surface area contributed by atoms with Gasteiger partial charge in [-0.25, -0.2) is 0 Å². The van der Waals surface area contributed by atoms with Crippen LogP contribution in [0.3, 0.4) is 0 Å². The lowest BCUT2D eigenvalue weighted by Gasteiger charge is -2.26. The van der Waals surface area contributed by atoms with Gasteiger partial charge in [0.25, 0.3) is 11.7 Å². The highest BCUT2D eigenvalue weighted by Gasteiger charge is 2.46. The van der Waals surface area contributed by atoms with Crippen LogP contribution in [0.5, 0.6) is 11.5 Å². The summed E-state index contributed by atoms with van der Waals surface area (Å²) in [5, 5.41) is 11.1. The lowest BCUT2D eigenvalue weighted by Crippen LogP contribution is -2.31. The van der Waals surface area contributed by atoms with Crippen molar-refractivity contribution >= 4 is 17.4 Å². The van der Waals surface area contributed by atoms with Crippen molar-refractivity contribution in [1.82, 2.24) is 4.90 Å². The molecule has 0 aliphatic carbocycles. The Hall–Kier alpha value is -3.32. The highest BCUT2D eigenvalue weighted by atomic mass is 16.5. The molecule has 0 unspecified atom stereocenters. The molecule has 3 rings (SSSR count). The minimum absolute atomic E-state index is 0.0255. The molecule has 1 N–H and O–H groups in total. The van der Waals surface area contributed by atoms with Crippen molar-refractivity contribution in [3.8, 4) is 11.5 Å². The number of ether oxygens (including phenoxy) is 3. The summed E-state index contributed by atoms with van der Waals surface area (Å²) in [5.74, 6) is -0.581. The predicted octanol–water partition coefficient (Wildman–Crippen LogP) is 3.94. The Labute approximate surface area is 188 Å². The Balaban J connectivity index is 2.09. The molecule has 1 atom stereocenters. The first kappa shape index (κ1) is 23.3. The van der Waals surface area contributed by atoms with E-state index in [9.17, 15) is 14.7 Å². The van der Waals surface area contributed by atoms with E-state index < -0.39 is 17.7 Å². The van der Waals surface area contributed by atoms with Gasteiger partial charge in [-0.05, 0) is 38.5 Å². The molecule has 1 amide bonds. The third-order valence-electron chi connectivity index (χ3n) is 5.31. The standard InChI is InChI=1S/C25H29NO6/c1-16(2)32-14-8-13-26-22(19-11-5-6-12-20(19)31-4)21(24(28)25(26)29)23(27)17-9-7-10-18(15-17)30-3/h5-7,9-12,15-16,22,27H,8,13-14H2,1-4H3/t22-/m1/s1. The van der Waals surface area contributed by atoms with Crippen LogP contribution in [0.15, 0.2) is 54.1 Å². The quantitative estimate of drug-likeness (QED) is 0.276. The van der Waals surface area contributed by atoms with Crippen LogP contribution in [0.1, 0.15) is 37.4 Å². The smallest absolute Gasteiger partial charge is 0.295 e. The topological polar surface area (TPSA) is 85.3 Å². The fourth-order valence-electron chi connectivity index (χ4n) is 3.81. The minimum Gasteiger partial charge on any atom is -0.507 e. The van der Waals surface area contributed by atoms with Gasteiger partial charge in [0.15, 0.2) is 0 Å². The van der Waals surface area contributed by atoms with Crippen LogP contribution in [-0.2, 0) is 14.3 Å². The van der Waals surface area contributed by atoms with Crippen LogP contribution in [0.4, 0.5) is 0 Å². The third kappa shape index (κ3) is 4.78. The maximum atomic E-state index is 13.1. The highest BCUT2D eigenvalue weighted by molar-refractivity contribution is 6.46. The number of carbonyl (C=O) groups excluding carboxylic acids is 2. The van der Waals surface area contributed by atoms with Gasteiger partial charge < -0.3 is 24.2 Å². The van der Waals surface area contributed by atoms with E-state index >= 15 is 0 Å². The van der Waals surface area contributed by atoms with Crippen LogP contribution < -0.4 is 9.47 Å². The number of aliphatic hydroxyl groups excluding tert-OH is 1. The number of carbonyl (C=O) groups is 2. The summed E-state index contributed by atoms with van der Waals surface area (Å²) in [5.41, 5.74) is 1.05. The number of benzene rings is 2. The Bertz CT molecular complexity index is 1010. The molecule has 7 nitrogen and oxygen atoms in total. The van der Waals surface area contributed by atoms with Crippen LogP contribution >= 0.6 is 0 Å². The minimum atomic E-state index is -0.781. The molecule has 7 heteroatoms. The molecular weight excluding hydrogens is 410 g/mol. The number of ketones is 1. The highest BCUT2D eigenvalue weighted by Crippen LogP contribution is 2.42. The van der Waals surface area contributed by atoms with Crippen LogP contribution in [0, 0.1) is 0 Å². The number of amides is 1. The Morgan fingerprint density at radius 3 is 2.50 bits per heavy atom. The van der Waals surface area contributed by atoms with E-state index in [-0.39, 0.29) is 17.4 Å². The summed E-state index contributed by atoms with van der Waals surface area (Å²) in [6.45, 7) is 4.63. The zero-order valence-corrected chi connectivity index (χ0v) is 18.8. The molecule has 0 aromatic heterocycles. The summed E-state index contributed by atoms with van der Waals surface area (Å²) in [6.07, 6.45) is 0.624. The van der Waals surface area contributed by atoms with Crippen molar-refractivity contribution in [2.24, 2.45) is 0 Å². The Morgan fingerprint density at radius 2 is 1.81 bits per heavy atom. The lowest BCUT2D eigenvalue weighted by molar-refractivity contribution is -0.140. The van der Waals surface area contributed by atoms with Crippen LogP contribution in [0.25, 0.3) is 5.76 Å². The molecular formula is C25H29NO6. The van der Waals surface area contributed by atoms with Gasteiger partial charge in [-0.3, -0.25) is 9.59 Å². The fourth-order valence-corrected chi connectivity index (χ4v) is 3.81. The summed E-state index contributed by atoms with van der Waals surface area (Å²) in [4.78, 5) is 27.6. The van der Waals surface area contributed by atoms with E-state index in [0.717, 1.165) is 0 Å². The first-order valence-corrected chi connectivity index (χ1v) is 10.6. The summed E-state index contributed by atoms with van der Waals surface area (Å²) in [7, 11) is 3.05. The molecule has 1 fully saturated rings. The maximum absolute atomic E-state index is 13.1. The number of aliphatic hydroxyl groups is 1. The molecule has 170 valence electrons. The number of para-hydroxylation sites is 1. The van der Waals surface area contributed by atoms with Gasteiger partial charge in [-0.15, -0.1) is 0 Å². The normalized spacial score (nSPS) is 17.8. The predicted molar refractivity (Wildman–Crippen MR) is 121 cm³/mol. The van der Waals surface area contributed by atoms with Crippen molar-refractivity contribution in [1.29, 1.82) is 0 Å². The number of hydrogen-bond acceptors (Lipinski definition) is 6. The average Bonchev–Trinajstić information content (AvgIpc) is 3.05. The molecule has 2 aromatic rings. The molecule has 1 aliphatic heterocycles. The van der Waals surface area contributed by atoms with Crippen molar-refractivity contribution in [2.45, 2.75) is 32.4 Å². The summed E-state index contributed by atoms with van der Waals surface area (Å²) >= 11 is 0. The van der Waals surface area contributed by atoms with Gasteiger partial charge in [-0.1, -0.05) is 30.3 Å². The Kier molecular flexibility index (Phi) is 7.53. The molecule has 32 heavy (non-hydrogen) atoms. The van der Waals surface area contributed by atoms with Gasteiger partial charge in [0, 0.05) is 24.3 Å². The number of methoxy groups -OCH3 is 2.